The van der Waals surface area contributed by atoms with Crippen molar-refractivity contribution in [1.29, 1.82) is 0 Å². The number of hydrogen-bond donors (Lipinski definition) is 2. The molecule has 128 valence electrons. The molecule has 8 heteroatoms. The van der Waals surface area contributed by atoms with Gasteiger partial charge in [-0.1, -0.05) is 23.8 Å². The van der Waals surface area contributed by atoms with Gasteiger partial charge in [-0.2, -0.15) is 4.68 Å². The molecule has 24 heavy (non-hydrogen) atoms. The third-order valence-corrected chi connectivity index (χ3v) is 3.70. The molecule has 0 unspecified atom stereocenters. The average Bonchev–Trinajstić information content (AvgIpc) is 2.57. The zero-order valence-electron chi connectivity index (χ0n) is 13.4. The molecule has 1 aromatic carbocycles. The second-order valence-corrected chi connectivity index (χ2v) is 5.53. The van der Waals surface area contributed by atoms with E-state index in [1.165, 1.54) is 0 Å². The van der Waals surface area contributed by atoms with Gasteiger partial charge in [-0.05, 0) is 31.9 Å². The Morgan fingerprint density at radius 3 is 2.75 bits per heavy atom. The van der Waals surface area contributed by atoms with E-state index in [1.54, 1.807) is 31.2 Å². The van der Waals surface area contributed by atoms with Gasteiger partial charge in [-0.25, -0.2) is 0 Å². The van der Waals surface area contributed by atoms with Crippen LogP contribution in [0.25, 0.3) is 10.9 Å². The Labute approximate surface area is 138 Å². The monoisotopic (exact) mass is 332 g/mol. The van der Waals surface area contributed by atoms with Crippen molar-refractivity contribution in [2.75, 3.05) is 6.54 Å². The first-order valence-corrected chi connectivity index (χ1v) is 7.84. The topological polar surface area (TPSA) is 114 Å². The van der Waals surface area contributed by atoms with Crippen LogP contribution in [0.15, 0.2) is 29.1 Å². The number of fused-ring (bicyclic) bond motifs is 1. The Morgan fingerprint density at radius 1 is 1.25 bits per heavy atom. The summed E-state index contributed by atoms with van der Waals surface area (Å²) in [6, 6.07) is 6.07. The number of unbranched alkanes of at least 4 members (excludes halogenated alkanes) is 2. The number of nitrogens with zero attached hydrogens (tertiary/aromatic N) is 3. The van der Waals surface area contributed by atoms with Gasteiger partial charge >= 0.3 is 5.97 Å². The predicted molar refractivity (Wildman–Crippen MR) is 87.6 cm³/mol. The third-order valence-electron chi connectivity index (χ3n) is 3.70. The highest BCUT2D eigenvalue weighted by molar-refractivity contribution is 5.81. The molecular formula is C16H20N4O4. The average molecular weight is 332 g/mol. The number of amides is 1. The van der Waals surface area contributed by atoms with Crippen LogP contribution < -0.4 is 10.9 Å². The minimum absolute atomic E-state index is 0.131. The van der Waals surface area contributed by atoms with Crippen molar-refractivity contribution in [2.45, 2.75) is 38.6 Å². The molecule has 0 aliphatic carbocycles. The van der Waals surface area contributed by atoms with Crippen LogP contribution in [0.3, 0.4) is 0 Å². The highest BCUT2D eigenvalue weighted by Gasteiger charge is 2.18. The summed E-state index contributed by atoms with van der Waals surface area (Å²) < 4.78 is 1.07. The van der Waals surface area contributed by atoms with Crippen LogP contribution in [0.2, 0.25) is 0 Å². The molecule has 1 atom stereocenters. The van der Waals surface area contributed by atoms with E-state index in [9.17, 15) is 14.4 Å². The lowest BCUT2D eigenvalue weighted by Crippen LogP contribution is -2.38. The van der Waals surface area contributed by atoms with Gasteiger partial charge in [0, 0.05) is 13.0 Å². The number of aliphatic carboxylic acids is 1. The van der Waals surface area contributed by atoms with Gasteiger partial charge < -0.3 is 10.4 Å². The summed E-state index contributed by atoms with van der Waals surface area (Å²) in [5.74, 6) is -1.14. The second kappa shape index (κ2) is 8.19. The zero-order chi connectivity index (χ0) is 17.5. The number of rotatable bonds is 8. The maximum Gasteiger partial charge on any atom is 0.303 e. The maximum absolute atomic E-state index is 12.4. The van der Waals surface area contributed by atoms with E-state index in [2.05, 4.69) is 15.6 Å². The lowest BCUT2D eigenvalue weighted by atomic mass is 10.2. The molecule has 1 aromatic heterocycles. The van der Waals surface area contributed by atoms with E-state index in [0.717, 1.165) is 11.1 Å². The summed E-state index contributed by atoms with van der Waals surface area (Å²) in [4.78, 5) is 34.9. The molecule has 0 aliphatic heterocycles. The van der Waals surface area contributed by atoms with E-state index in [1.807, 2.05) is 0 Å². The van der Waals surface area contributed by atoms with Crippen LogP contribution in [0.1, 0.15) is 38.6 Å². The first kappa shape index (κ1) is 17.6. The molecular weight excluding hydrogens is 312 g/mol. The molecule has 0 spiro atoms. The maximum atomic E-state index is 12.4. The number of hydrogen-bond acceptors (Lipinski definition) is 5. The number of carbonyl (C=O) groups is 2. The van der Waals surface area contributed by atoms with Crippen molar-refractivity contribution < 1.29 is 14.7 Å². The lowest BCUT2D eigenvalue weighted by molar-refractivity contribution is -0.137. The quantitative estimate of drug-likeness (QED) is 0.700. The van der Waals surface area contributed by atoms with Gasteiger partial charge in [0.05, 0.1) is 5.39 Å². The zero-order valence-corrected chi connectivity index (χ0v) is 13.4. The standard InChI is InChI=1S/C16H20N4O4/c1-11(15(23)17-10-6-2-3-9-14(21)22)20-16(24)12-7-4-5-8-13(12)18-19-20/h4-5,7-8,11H,2-3,6,9-10H2,1H3,(H,17,23)(H,21,22)/t11-/m0/s1. The fraction of sp³-hybridized carbons (Fsp3) is 0.438. The van der Waals surface area contributed by atoms with Gasteiger partial charge in [-0.15, -0.1) is 5.10 Å². The number of aromatic nitrogens is 3. The summed E-state index contributed by atoms with van der Waals surface area (Å²) in [6.07, 6.45) is 2.11. The van der Waals surface area contributed by atoms with Crippen LogP contribution in [-0.2, 0) is 9.59 Å². The Kier molecular flexibility index (Phi) is 6.00. The van der Waals surface area contributed by atoms with Crippen LogP contribution in [0.5, 0.6) is 0 Å². The molecule has 2 N–H and O–H groups in total. The summed E-state index contributed by atoms with van der Waals surface area (Å²) in [6.45, 7) is 2.02. The second-order valence-electron chi connectivity index (χ2n) is 5.53. The van der Waals surface area contributed by atoms with Crippen LogP contribution >= 0.6 is 0 Å². The largest absolute Gasteiger partial charge is 0.481 e. The summed E-state index contributed by atoms with van der Waals surface area (Å²) >= 11 is 0. The number of carboxylic acids is 1. The number of carbonyl (C=O) groups excluding carboxylic acids is 1. The fourth-order valence-corrected chi connectivity index (χ4v) is 2.30. The minimum Gasteiger partial charge on any atom is -0.481 e. The molecule has 0 radical (unpaired) electrons. The van der Waals surface area contributed by atoms with Crippen LogP contribution in [0, 0.1) is 0 Å². The molecule has 1 heterocycles. The highest BCUT2D eigenvalue weighted by Crippen LogP contribution is 2.07. The molecule has 0 saturated carbocycles. The SMILES string of the molecule is C[C@@H](C(=O)NCCCCCC(=O)O)n1nnc2ccccc2c1=O. The highest BCUT2D eigenvalue weighted by atomic mass is 16.4. The van der Waals surface area contributed by atoms with Crippen molar-refractivity contribution in [3.8, 4) is 0 Å². The van der Waals surface area contributed by atoms with E-state index in [-0.39, 0.29) is 17.9 Å². The normalized spacial score (nSPS) is 12.0. The molecule has 0 aliphatic rings. The molecule has 0 saturated heterocycles. The number of nitrogens with one attached hydrogen (secondary N) is 1. The van der Waals surface area contributed by atoms with Crippen molar-refractivity contribution in [3.05, 3.63) is 34.6 Å². The molecule has 2 rings (SSSR count). The molecule has 2 aromatic rings. The van der Waals surface area contributed by atoms with E-state index in [0.29, 0.717) is 30.3 Å². The summed E-state index contributed by atoms with van der Waals surface area (Å²) in [5, 5.41) is 19.5. The fourth-order valence-electron chi connectivity index (χ4n) is 2.30. The summed E-state index contributed by atoms with van der Waals surface area (Å²) in [7, 11) is 0. The van der Waals surface area contributed by atoms with Gasteiger partial charge in [0.1, 0.15) is 11.6 Å². The van der Waals surface area contributed by atoms with E-state index < -0.39 is 12.0 Å². The van der Waals surface area contributed by atoms with Crippen LogP contribution in [-0.4, -0.2) is 38.5 Å². The molecule has 0 bridgehead atoms. The Bertz CT molecular complexity index is 787. The van der Waals surface area contributed by atoms with E-state index >= 15 is 0 Å². The van der Waals surface area contributed by atoms with Crippen LogP contribution in [0.4, 0.5) is 0 Å². The molecule has 8 nitrogen and oxygen atoms in total. The molecule has 1 amide bonds. The first-order valence-electron chi connectivity index (χ1n) is 7.84. The Hall–Kier alpha value is -2.77. The van der Waals surface area contributed by atoms with Crippen molar-refractivity contribution in [2.24, 2.45) is 0 Å². The third kappa shape index (κ3) is 4.37. The van der Waals surface area contributed by atoms with Crippen molar-refractivity contribution >= 4 is 22.8 Å². The number of benzene rings is 1. The smallest absolute Gasteiger partial charge is 0.303 e. The number of carboxylic acid groups (broad SMARTS) is 1. The minimum atomic E-state index is -0.818. The van der Waals surface area contributed by atoms with Gasteiger partial charge in [-0.3, -0.25) is 14.4 Å². The predicted octanol–water partition coefficient (Wildman–Crippen LogP) is 1.11. The van der Waals surface area contributed by atoms with Crippen molar-refractivity contribution in [3.63, 3.8) is 0 Å². The van der Waals surface area contributed by atoms with Gasteiger partial charge in [0.15, 0.2) is 0 Å². The Morgan fingerprint density at radius 2 is 2.00 bits per heavy atom. The lowest BCUT2D eigenvalue weighted by Gasteiger charge is -2.13. The first-order chi connectivity index (χ1) is 11.5. The van der Waals surface area contributed by atoms with E-state index in [4.69, 9.17) is 5.11 Å². The molecule has 0 fully saturated rings. The Balaban J connectivity index is 1.92. The van der Waals surface area contributed by atoms with Gasteiger partial charge in [0.25, 0.3) is 5.56 Å². The summed E-state index contributed by atoms with van der Waals surface area (Å²) in [5.41, 5.74) is 0.134. The van der Waals surface area contributed by atoms with Gasteiger partial charge in [0.2, 0.25) is 5.91 Å². The van der Waals surface area contributed by atoms with Crippen molar-refractivity contribution in [1.82, 2.24) is 20.3 Å².